The molecule has 1 aliphatic heterocycles. The number of amides is 1. The van der Waals surface area contributed by atoms with Crippen molar-refractivity contribution in [3.8, 4) is 0 Å². The Hall–Kier alpha value is -2.15. The van der Waals surface area contributed by atoms with E-state index in [0.29, 0.717) is 11.6 Å². The zero-order valence-corrected chi connectivity index (χ0v) is 14.1. The number of nitrogens with zero attached hydrogens (tertiary/aromatic N) is 2. The molecule has 0 radical (unpaired) electrons. The van der Waals surface area contributed by atoms with Crippen molar-refractivity contribution in [3.63, 3.8) is 0 Å². The number of aromatic amines is 1. The molecule has 0 aromatic carbocycles. The Balaban J connectivity index is 1.58. The number of nitrogens with one attached hydrogen (secondary N) is 2. The van der Waals surface area contributed by atoms with E-state index in [1.165, 1.54) is 17.4 Å². The van der Waals surface area contributed by atoms with Crippen molar-refractivity contribution in [3.05, 3.63) is 44.0 Å². The van der Waals surface area contributed by atoms with Crippen LogP contribution in [0.2, 0.25) is 0 Å². The smallest absolute Gasteiger partial charge is 0.261 e. The third kappa shape index (κ3) is 3.79. The quantitative estimate of drug-likeness (QED) is 0.899. The third-order valence-corrected chi connectivity index (χ3v) is 4.99. The molecule has 23 heavy (non-hydrogen) atoms. The first kappa shape index (κ1) is 15.7. The predicted octanol–water partition coefficient (Wildman–Crippen LogP) is 1.85. The Morgan fingerprint density at radius 3 is 2.70 bits per heavy atom. The highest BCUT2D eigenvalue weighted by molar-refractivity contribution is 7.12. The van der Waals surface area contributed by atoms with Gasteiger partial charge in [0.05, 0.1) is 4.88 Å². The second-order valence-corrected chi connectivity index (χ2v) is 6.84. The maximum absolute atomic E-state index is 12.2. The number of piperidine rings is 1. The lowest BCUT2D eigenvalue weighted by atomic mass is 10.1. The Kier molecular flexibility index (Phi) is 4.47. The number of aryl methyl sites for hydroxylation is 2. The number of carbonyl (C=O) groups is 1. The highest BCUT2D eigenvalue weighted by atomic mass is 32.1. The van der Waals surface area contributed by atoms with E-state index >= 15 is 0 Å². The minimum atomic E-state index is -0.129. The maximum atomic E-state index is 12.2. The third-order valence-electron chi connectivity index (χ3n) is 3.94. The lowest BCUT2D eigenvalue weighted by Crippen LogP contribution is -2.45. The Morgan fingerprint density at radius 1 is 1.35 bits per heavy atom. The first-order chi connectivity index (χ1) is 11.0. The molecule has 0 aliphatic carbocycles. The molecule has 0 saturated carbocycles. The van der Waals surface area contributed by atoms with E-state index in [-0.39, 0.29) is 17.5 Å². The molecule has 0 atom stereocenters. The fourth-order valence-electron chi connectivity index (χ4n) is 2.76. The molecule has 7 heteroatoms. The van der Waals surface area contributed by atoms with Crippen LogP contribution in [0.15, 0.2) is 22.3 Å². The molecule has 1 amide bonds. The van der Waals surface area contributed by atoms with E-state index in [4.69, 9.17) is 0 Å². The number of rotatable bonds is 3. The van der Waals surface area contributed by atoms with Crippen LogP contribution in [-0.2, 0) is 0 Å². The summed E-state index contributed by atoms with van der Waals surface area (Å²) in [5.74, 6) is 0.622. The Morgan fingerprint density at radius 2 is 2.09 bits per heavy atom. The molecule has 2 N–H and O–H groups in total. The van der Waals surface area contributed by atoms with Crippen molar-refractivity contribution in [2.75, 3.05) is 18.0 Å². The van der Waals surface area contributed by atoms with Crippen LogP contribution < -0.4 is 15.8 Å². The van der Waals surface area contributed by atoms with Crippen molar-refractivity contribution in [1.82, 2.24) is 15.3 Å². The number of thiophene rings is 1. The van der Waals surface area contributed by atoms with Gasteiger partial charge < -0.3 is 10.2 Å². The van der Waals surface area contributed by atoms with Crippen LogP contribution in [0.3, 0.4) is 0 Å². The van der Waals surface area contributed by atoms with Crippen molar-refractivity contribution < 1.29 is 4.79 Å². The summed E-state index contributed by atoms with van der Waals surface area (Å²) in [6, 6.07) is 3.56. The van der Waals surface area contributed by atoms with Crippen LogP contribution in [0, 0.1) is 13.8 Å². The molecule has 0 spiro atoms. The minimum absolute atomic E-state index is 0.00337. The van der Waals surface area contributed by atoms with Crippen molar-refractivity contribution in [2.24, 2.45) is 0 Å². The summed E-state index contributed by atoms with van der Waals surface area (Å²) in [6.07, 6.45) is 1.68. The van der Waals surface area contributed by atoms with E-state index in [1.807, 2.05) is 25.3 Å². The molecule has 0 bridgehead atoms. The first-order valence-corrected chi connectivity index (χ1v) is 8.58. The van der Waals surface area contributed by atoms with Crippen molar-refractivity contribution in [1.29, 1.82) is 0 Å². The SMILES string of the molecule is Cc1csc(C(=O)NC2CCN(c3nc(C)cc(=O)[nH]3)CC2)c1. The number of hydrogen-bond acceptors (Lipinski definition) is 5. The van der Waals surface area contributed by atoms with E-state index < -0.39 is 0 Å². The van der Waals surface area contributed by atoms with Gasteiger partial charge in [-0.25, -0.2) is 4.98 Å². The van der Waals surface area contributed by atoms with Crippen LogP contribution in [0.4, 0.5) is 5.95 Å². The largest absolute Gasteiger partial charge is 0.348 e. The second-order valence-electron chi connectivity index (χ2n) is 5.93. The molecule has 1 fully saturated rings. The maximum Gasteiger partial charge on any atom is 0.261 e. The number of aromatic nitrogens is 2. The van der Waals surface area contributed by atoms with Crippen LogP contribution in [0.1, 0.15) is 33.8 Å². The van der Waals surface area contributed by atoms with Gasteiger partial charge in [-0.1, -0.05) is 0 Å². The molecule has 1 aliphatic rings. The summed E-state index contributed by atoms with van der Waals surface area (Å²) in [4.78, 5) is 33.7. The van der Waals surface area contributed by atoms with Crippen molar-refractivity contribution in [2.45, 2.75) is 32.7 Å². The summed E-state index contributed by atoms with van der Waals surface area (Å²) in [7, 11) is 0. The van der Waals surface area contributed by atoms with Gasteiger partial charge in [-0.2, -0.15) is 0 Å². The number of anilines is 1. The molecule has 122 valence electrons. The molecule has 0 unspecified atom stereocenters. The standard InChI is InChI=1S/C16H20N4O2S/c1-10-7-13(23-9-10)15(22)18-12-3-5-20(6-4-12)16-17-11(2)8-14(21)19-16/h7-9,12H,3-6H2,1-2H3,(H,18,22)(H,17,19,21). The normalized spacial score (nSPS) is 15.7. The topological polar surface area (TPSA) is 78.1 Å². The average molecular weight is 332 g/mol. The summed E-state index contributed by atoms with van der Waals surface area (Å²) < 4.78 is 0. The van der Waals surface area contributed by atoms with Crippen LogP contribution in [0.25, 0.3) is 0 Å². The predicted molar refractivity (Wildman–Crippen MR) is 91.4 cm³/mol. The molecule has 6 nitrogen and oxygen atoms in total. The fourth-order valence-corrected chi connectivity index (χ4v) is 3.56. The molecule has 2 aromatic rings. The summed E-state index contributed by atoms with van der Waals surface area (Å²) in [6.45, 7) is 5.33. The summed E-state index contributed by atoms with van der Waals surface area (Å²) >= 11 is 1.47. The second kappa shape index (κ2) is 6.54. The van der Waals surface area contributed by atoms with Gasteiger partial charge in [0.1, 0.15) is 0 Å². The van der Waals surface area contributed by atoms with Gasteiger partial charge in [0.15, 0.2) is 0 Å². The van der Waals surface area contributed by atoms with E-state index in [2.05, 4.69) is 20.2 Å². The van der Waals surface area contributed by atoms with Crippen LogP contribution in [0.5, 0.6) is 0 Å². The molecule has 3 rings (SSSR count). The minimum Gasteiger partial charge on any atom is -0.348 e. The lowest BCUT2D eigenvalue weighted by Gasteiger charge is -2.32. The lowest BCUT2D eigenvalue weighted by molar-refractivity contribution is 0.0935. The number of hydrogen-bond donors (Lipinski definition) is 2. The Labute approximate surface area is 138 Å². The molecular weight excluding hydrogens is 312 g/mol. The molecule has 2 aromatic heterocycles. The summed E-state index contributed by atoms with van der Waals surface area (Å²) in [5, 5.41) is 5.08. The highest BCUT2D eigenvalue weighted by Crippen LogP contribution is 2.17. The summed E-state index contributed by atoms with van der Waals surface area (Å²) in [5.41, 5.74) is 1.70. The highest BCUT2D eigenvalue weighted by Gasteiger charge is 2.23. The van der Waals surface area contributed by atoms with Gasteiger partial charge in [-0.3, -0.25) is 14.6 Å². The molecule has 1 saturated heterocycles. The zero-order valence-electron chi connectivity index (χ0n) is 13.3. The van der Waals surface area contributed by atoms with Crippen LogP contribution >= 0.6 is 11.3 Å². The van der Waals surface area contributed by atoms with Crippen LogP contribution in [-0.4, -0.2) is 35.0 Å². The van der Waals surface area contributed by atoms with E-state index in [1.54, 1.807) is 0 Å². The monoisotopic (exact) mass is 332 g/mol. The van der Waals surface area contributed by atoms with E-state index in [9.17, 15) is 9.59 Å². The first-order valence-electron chi connectivity index (χ1n) is 7.70. The fraction of sp³-hybridized carbons (Fsp3) is 0.438. The Bertz CT molecular complexity index is 759. The van der Waals surface area contributed by atoms with Gasteiger partial charge in [0.25, 0.3) is 11.5 Å². The zero-order chi connectivity index (χ0) is 16.4. The molecule has 3 heterocycles. The van der Waals surface area contributed by atoms with Gasteiger partial charge >= 0.3 is 0 Å². The number of H-pyrrole nitrogens is 1. The van der Waals surface area contributed by atoms with Gasteiger partial charge in [-0.15, -0.1) is 11.3 Å². The van der Waals surface area contributed by atoms with Gasteiger partial charge in [-0.05, 0) is 43.7 Å². The average Bonchev–Trinajstić information content (AvgIpc) is 2.94. The van der Waals surface area contributed by atoms with Gasteiger partial charge in [0.2, 0.25) is 5.95 Å². The number of carbonyl (C=O) groups excluding carboxylic acids is 1. The van der Waals surface area contributed by atoms with E-state index in [0.717, 1.165) is 36.4 Å². The van der Waals surface area contributed by atoms with Crippen molar-refractivity contribution >= 4 is 23.2 Å². The molecular formula is C16H20N4O2S. The van der Waals surface area contributed by atoms with Gasteiger partial charge in [0, 0.05) is 30.9 Å².